The Kier molecular flexibility index (Phi) is 40.1. The summed E-state index contributed by atoms with van der Waals surface area (Å²) in [6.45, 7) is 0. The molecule has 0 aromatic carbocycles. The first kappa shape index (κ1) is 23.0. The molecule has 0 saturated heterocycles. The van der Waals surface area contributed by atoms with E-state index in [0.29, 0.717) is 0 Å². The molecule has 0 aliphatic heterocycles. The smallest absolute Gasteiger partial charge is 0.530 e. The van der Waals surface area contributed by atoms with E-state index in [1.54, 1.807) is 21.6 Å². The molecule has 6 nitrogen and oxygen atoms in total. The normalized spacial score (nSPS) is 6.00. The van der Waals surface area contributed by atoms with Crippen LogP contribution < -0.4 is 21.7 Å². The summed E-state index contributed by atoms with van der Waals surface area (Å²) < 4.78 is 0. The van der Waals surface area contributed by atoms with Crippen LogP contribution in [0.1, 0.15) is 0 Å². The molecule has 0 aliphatic carbocycles. The van der Waals surface area contributed by atoms with Gasteiger partial charge >= 0.3 is 19.5 Å². The van der Waals surface area contributed by atoms with Crippen LogP contribution in [0.4, 0.5) is 9.59 Å². The van der Waals surface area contributed by atoms with E-state index in [-0.39, 0.29) is 19.5 Å². The monoisotopic (exact) mass is 278 g/mol. The van der Waals surface area contributed by atoms with Crippen LogP contribution in [0.5, 0.6) is 0 Å². The first-order valence-electron chi connectivity index (χ1n) is 2.38. The molecule has 74 valence electrons. The molecule has 0 atom stereocenters. The van der Waals surface area contributed by atoms with Gasteiger partial charge in [0.25, 0.3) is 0 Å². The van der Waals surface area contributed by atoms with Crippen LogP contribution in [0.25, 0.3) is 0 Å². The molecule has 13 heavy (non-hydrogen) atoms. The molecule has 0 spiro atoms. The van der Waals surface area contributed by atoms with Gasteiger partial charge in [-0.1, -0.05) is 21.6 Å². The zero-order chi connectivity index (χ0) is 10.6. The molecule has 9 heteroatoms. The molecular formula is C4H10N2O4S2Zn. The largest absolute Gasteiger partial charge is 2.00 e. The van der Waals surface area contributed by atoms with Crippen molar-refractivity contribution < 1.29 is 39.3 Å². The van der Waals surface area contributed by atoms with Gasteiger partial charge in [-0.05, 0) is 12.5 Å². The number of nitrogens with two attached hydrogens (primary N) is 2. The first-order valence-corrected chi connectivity index (χ1v) is 5.34. The third-order valence-electron chi connectivity index (χ3n) is 0.167. The number of carboxylic acid groups (broad SMARTS) is 2. The van der Waals surface area contributed by atoms with Crippen molar-refractivity contribution in [3.63, 3.8) is 0 Å². The van der Waals surface area contributed by atoms with Crippen LogP contribution in [-0.4, -0.2) is 24.7 Å². The van der Waals surface area contributed by atoms with Crippen molar-refractivity contribution in [3.8, 4) is 0 Å². The quantitative estimate of drug-likeness (QED) is 0.430. The van der Waals surface area contributed by atoms with Crippen molar-refractivity contribution in [2.75, 3.05) is 12.5 Å². The topological polar surface area (TPSA) is 132 Å². The first-order chi connectivity index (χ1) is 5.38. The van der Waals surface area contributed by atoms with E-state index in [1.165, 1.54) is 0 Å². The molecule has 0 aromatic rings. The molecule has 0 aliphatic rings. The minimum absolute atomic E-state index is 0. The predicted molar refractivity (Wildman–Crippen MR) is 46.2 cm³/mol. The molecular weight excluding hydrogens is 270 g/mol. The fourth-order valence-corrected chi connectivity index (χ4v) is 0. The van der Waals surface area contributed by atoms with Crippen molar-refractivity contribution in [1.82, 2.24) is 0 Å². The molecule has 0 fully saturated rings. The Hall–Kier alpha value is -0.137. The van der Waals surface area contributed by atoms with Gasteiger partial charge in [0.2, 0.25) is 0 Å². The van der Waals surface area contributed by atoms with Crippen LogP contribution in [0, 0.1) is 0 Å². The van der Waals surface area contributed by atoms with E-state index in [1.807, 2.05) is 0 Å². The maximum absolute atomic E-state index is 8.67. The molecule has 4 N–H and O–H groups in total. The van der Waals surface area contributed by atoms with Gasteiger partial charge in [0.1, 0.15) is 12.2 Å². The van der Waals surface area contributed by atoms with Crippen molar-refractivity contribution in [1.29, 1.82) is 0 Å². The zero-order valence-corrected chi connectivity index (χ0v) is 11.9. The fraction of sp³-hybridized carbons (Fsp3) is 0.500. The zero-order valence-electron chi connectivity index (χ0n) is 7.31. The molecule has 0 heterocycles. The standard InChI is InChI=1S/C2H6S2.2CH3NO2.Zn/c1-3-4-2;2*2-1(3)4;/h1-2H3;2*2H2,(H,3,4);/q;;;+2/p-2. The maximum atomic E-state index is 8.67. The van der Waals surface area contributed by atoms with E-state index < -0.39 is 12.2 Å². The second-order valence-corrected chi connectivity index (χ2v) is 3.64. The number of hydrogen-bond acceptors (Lipinski definition) is 6. The van der Waals surface area contributed by atoms with Crippen molar-refractivity contribution in [2.24, 2.45) is 11.5 Å². The second kappa shape index (κ2) is 22.6. The van der Waals surface area contributed by atoms with E-state index in [2.05, 4.69) is 24.0 Å². The summed E-state index contributed by atoms with van der Waals surface area (Å²) in [7, 11) is 3.55. The van der Waals surface area contributed by atoms with Gasteiger partial charge in [-0.25, -0.2) is 0 Å². The molecule has 0 bridgehead atoms. The van der Waals surface area contributed by atoms with E-state index in [9.17, 15) is 0 Å². The van der Waals surface area contributed by atoms with Crippen LogP contribution in [0.15, 0.2) is 0 Å². The molecule has 0 rings (SSSR count). The van der Waals surface area contributed by atoms with Gasteiger partial charge in [-0.3, -0.25) is 0 Å². The van der Waals surface area contributed by atoms with E-state index in [4.69, 9.17) is 19.8 Å². The molecule has 0 unspecified atom stereocenters. The Morgan fingerprint density at radius 2 is 1.08 bits per heavy atom. The Morgan fingerprint density at radius 3 is 1.08 bits per heavy atom. The third kappa shape index (κ3) is 1550. The Labute approximate surface area is 97.0 Å². The van der Waals surface area contributed by atoms with Gasteiger partial charge in [-0.2, -0.15) is 0 Å². The predicted octanol–water partition coefficient (Wildman–Crippen LogP) is -1.80. The Bertz CT molecular complexity index is 105. The van der Waals surface area contributed by atoms with Crippen molar-refractivity contribution in [2.45, 2.75) is 0 Å². The van der Waals surface area contributed by atoms with Gasteiger partial charge in [-0.15, -0.1) is 0 Å². The SMILES string of the molecule is CSSC.NC(=O)[O-].NC(=O)[O-].[Zn+2]. The summed E-state index contributed by atoms with van der Waals surface area (Å²) in [5, 5.41) is 17.3. The molecule has 2 amide bonds. The summed E-state index contributed by atoms with van der Waals surface area (Å²) in [4.78, 5) is 17.3. The summed E-state index contributed by atoms with van der Waals surface area (Å²) in [6.07, 6.45) is 0.954. The number of rotatable bonds is 1. The number of amides is 2. The minimum atomic E-state index is -1.58. The molecule has 0 saturated carbocycles. The minimum Gasteiger partial charge on any atom is -0.530 e. The summed E-state index contributed by atoms with van der Waals surface area (Å²) in [5.41, 5.74) is 7.83. The number of primary amides is 2. The van der Waals surface area contributed by atoms with E-state index in [0.717, 1.165) is 0 Å². The molecule has 0 aromatic heterocycles. The van der Waals surface area contributed by atoms with Crippen LogP contribution in [-0.2, 0) is 19.5 Å². The average Bonchev–Trinajstić information content (AvgIpc) is 1.85. The van der Waals surface area contributed by atoms with Gasteiger partial charge in [0.05, 0.1) is 0 Å². The van der Waals surface area contributed by atoms with Gasteiger partial charge in [0, 0.05) is 0 Å². The summed E-state index contributed by atoms with van der Waals surface area (Å²) >= 11 is 0. The maximum Gasteiger partial charge on any atom is 2.00 e. The van der Waals surface area contributed by atoms with Crippen LogP contribution in [0.2, 0.25) is 0 Å². The molecule has 0 radical (unpaired) electrons. The number of carbonyl (C=O) groups excluding carboxylic acids is 2. The van der Waals surface area contributed by atoms with Crippen LogP contribution >= 0.6 is 21.6 Å². The van der Waals surface area contributed by atoms with Crippen molar-refractivity contribution >= 4 is 33.8 Å². The van der Waals surface area contributed by atoms with Gasteiger partial charge < -0.3 is 31.3 Å². The second-order valence-electron chi connectivity index (χ2n) is 0.971. The van der Waals surface area contributed by atoms with Crippen molar-refractivity contribution in [3.05, 3.63) is 0 Å². The van der Waals surface area contributed by atoms with Crippen LogP contribution in [0.3, 0.4) is 0 Å². The number of hydrogen-bond donors (Lipinski definition) is 2. The average molecular weight is 280 g/mol. The fourth-order valence-electron chi connectivity index (χ4n) is 0. The number of carbonyl (C=O) groups is 2. The Balaban J connectivity index is -0.0000000450. The summed E-state index contributed by atoms with van der Waals surface area (Å²) in [5.74, 6) is 0. The summed E-state index contributed by atoms with van der Waals surface area (Å²) in [6, 6.07) is 0. The Morgan fingerprint density at radius 1 is 1.00 bits per heavy atom. The van der Waals surface area contributed by atoms with Gasteiger partial charge in [0.15, 0.2) is 0 Å². The van der Waals surface area contributed by atoms with E-state index >= 15 is 0 Å². The third-order valence-corrected chi connectivity index (χ3v) is 1.50.